The number of amides is 4. The Kier molecular flexibility index (Phi) is 7.97. The maximum atomic E-state index is 14.1. The first-order valence-electron chi connectivity index (χ1n) is 13.9. The normalized spacial score (nSPS) is 24.7. The van der Waals surface area contributed by atoms with Gasteiger partial charge in [0, 0.05) is 32.4 Å². The molecule has 2 saturated heterocycles. The molecule has 2 aliphatic heterocycles. The molecule has 1 spiro atoms. The molecular formula is C30H36N4O5. The Morgan fingerprint density at radius 1 is 0.846 bits per heavy atom. The Hall–Kier alpha value is -3.72. The number of benzene rings is 2. The minimum Gasteiger partial charge on any atom is -0.396 e. The fourth-order valence-corrected chi connectivity index (χ4v) is 6.09. The second kappa shape index (κ2) is 11.6. The maximum Gasteiger partial charge on any atom is 0.247 e. The molecule has 4 N–H and O–H groups in total. The van der Waals surface area contributed by atoms with Crippen LogP contribution in [0, 0.1) is 0 Å². The van der Waals surface area contributed by atoms with Crippen molar-refractivity contribution >= 4 is 23.6 Å². The quantitative estimate of drug-likeness (QED) is 0.413. The molecule has 0 unspecified atom stereocenters. The van der Waals surface area contributed by atoms with Crippen molar-refractivity contribution in [2.24, 2.45) is 0 Å². The van der Waals surface area contributed by atoms with E-state index in [1.54, 1.807) is 4.90 Å². The van der Waals surface area contributed by atoms with Crippen LogP contribution in [-0.2, 0) is 38.4 Å². The summed E-state index contributed by atoms with van der Waals surface area (Å²) in [4.78, 5) is 56.8. The lowest BCUT2D eigenvalue weighted by atomic mass is 9.91. The summed E-state index contributed by atoms with van der Waals surface area (Å²) in [6.07, 6.45) is 3.35. The predicted octanol–water partition coefficient (Wildman–Crippen LogP) is 1.02. The van der Waals surface area contributed by atoms with Crippen LogP contribution in [0.15, 0.2) is 54.6 Å². The van der Waals surface area contributed by atoms with Crippen LogP contribution in [-0.4, -0.2) is 70.5 Å². The number of nitrogens with zero attached hydrogens (tertiary/aromatic N) is 1. The molecule has 0 radical (unpaired) electrons. The van der Waals surface area contributed by atoms with Crippen molar-refractivity contribution in [1.29, 1.82) is 0 Å². The summed E-state index contributed by atoms with van der Waals surface area (Å²) in [5.41, 5.74) is 1.53. The lowest BCUT2D eigenvalue weighted by Crippen LogP contribution is -2.67. The zero-order valence-corrected chi connectivity index (χ0v) is 22.0. The van der Waals surface area contributed by atoms with Gasteiger partial charge >= 0.3 is 0 Å². The molecule has 2 fully saturated rings. The summed E-state index contributed by atoms with van der Waals surface area (Å²) in [6, 6.07) is 14.7. The molecule has 9 heteroatoms. The number of fused-ring (bicyclic) bond motifs is 2. The number of rotatable bonds is 6. The van der Waals surface area contributed by atoms with E-state index in [0.29, 0.717) is 38.6 Å². The van der Waals surface area contributed by atoms with E-state index in [9.17, 15) is 24.3 Å². The first-order valence-corrected chi connectivity index (χ1v) is 13.9. The molecule has 5 rings (SSSR count). The Bertz CT molecular complexity index is 1210. The number of carbonyl (C=O) groups is 4. The molecule has 0 saturated carbocycles. The van der Waals surface area contributed by atoms with Crippen molar-refractivity contribution in [1.82, 2.24) is 20.9 Å². The van der Waals surface area contributed by atoms with Crippen LogP contribution in [0.5, 0.6) is 0 Å². The smallest absolute Gasteiger partial charge is 0.247 e. The molecule has 2 aromatic carbocycles. The largest absolute Gasteiger partial charge is 0.396 e. The first kappa shape index (κ1) is 26.9. The summed E-state index contributed by atoms with van der Waals surface area (Å²) >= 11 is 0. The van der Waals surface area contributed by atoms with Gasteiger partial charge in [-0.05, 0) is 48.8 Å². The van der Waals surface area contributed by atoms with Crippen LogP contribution >= 0.6 is 0 Å². The third-order valence-corrected chi connectivity index (χ3v) is 8.16. The second-order valence-corrected chi connectivity index (χ2v) is 10.9. The maximum absolute atomic E-state index is 14.1. The summed E-state index contributed by atoms with van der Waals surface area (Å²) < 4.78 is 0. The van der Waals surface area contributed by atoms with Gasteiger partial charge in [0.05, 0.1) is 0 Å². The van der Waals surface area contributed by atoms with Gasteiger partial charge in [-0.2, -0.15) is 0 Å². The van der Waals surface area contributed by atoms with Crippen molar-refractivity contribution < 1.29 is 24.3 Å². The third kappa shape index (κ3) is 5.68. The van der Waals surface area contributed by atoms with Crippen LogP contribution < -0.4 is 16.0 Å². The Balaban J connectivity index is 1.52. The van der Waals surface area contributed by atoms with E-state index >= 15 is 0 Å². The zero-order chi connectivity index (χ0) is 27.4. The van der Waals surface area contributed by atoms with Crippen LogP contribution in [0.25, 0.3) is 0 Å². The monoisotopic (exact) mass is 532 g/mol. The standard InChI is InChI=1S/C30H36N4O5/c35-16-7-6-13-23-26(36)33-30(18-21-11-4-5-12-22(21)19-30)29(39)32-24(17-20-9-2-1-3-10-20)28(38)34-15-8-14-25(34)27(37)31-23/h1-5,9-12,23-25,35H,6-8,13-19H2,(H,31,37)(H,32,39)(H,33,36)/t23-,24-,25+/m0/s1. The van der Waals surface area contributed by atoms with E-state index in [2.05, 4.69) is 16.0 Å². The summed E-state index contributed by atoms with van der Waals surface area (Å²) in [7, 11) is 0. The van der Waals surface area contributed by atoms with E-state index < -0.39 is 35.5 Å². The van der Waals surface area contributed by atoms with E-state index in [4.69, 9.17) is 0 Å². The van der Waals surface area contributed by atoms with Gasteiger partial charge in [0.2, 0.25) is 23.6 Å². The van der Waals surface area contributed by atoms with E-state index in [1.165, 1.54) is 0 Å². The number of aliphatic hydroxyl groups is 1. The first-order chi connectivity index (χ1) is 18.9. The lowest BCUT2D eigenvalue weighted by molar-refractivity contribution is -0.144. The molecule has 0 aromatic heterocycles. The fourth-order valence-electron chi connectivity index (χ4n) is 6.09. The molecule has 206 valence electrons. The summed E-state index contributed by atoms with van der Waals surface area (Å²) in [5, 5.41) is 18.2. The van der Waals surface area contributed by atoms with Crippen LogP contribution in [0.4, 0.5) is 0 Å². The number of nitrogens with one attached hydrogen (secondary N) is 3. The molecule has 39 heavy (non-hydrogen) atoms. The third-order valence-electron chi connectivity index (χ3n) is 8.16. The highest BCUT2D eigenvalue weighted by molar-refractivity contribution is 6.00. The summed E-state index contributed by atoms with van der Waals surface area (Å²) in [6.45, 7) is 0.397. The number of hydrogen-bond donors (Lipinski definition) is 4. The van der Waals surface area contributed by atoms with E-state index in [-0.39, 0.29) is 37.7 Å². The zero-order valence-electron chi connectivity index (χ0n) is 22.0. The van der Waals surface area contributed by atoms with Crippen LogP contribution in [0.1, 0.15) is 48.8 Å². The molecule has 3 aliphatic rings. The fraction of sp³-hybridized carbons (Fsp3) is 0.467. The predicted molar refractivity (Wildman–Crippen MR) is 144 cm³/mol. The van der Waals surface area contributed by atoms with Gasteiger partial charge in [0.15, 0.2) is 0 Å². The molecule has 2 heterocycles. The van der Waals surface area contributed by atoms with Crippen molar-refractivity contribution in [3.63, 3.8) is 0 Å². The van der Waals surface area contributed by atoms with Crippen molar-refractivity contribution in [3.05, 3.63) is 71.3 Å². The Morgan fingerprint density at radius 3 is 2.23 bits per heavy atom. The summed E-state index contributed by atoms with van der Waals surface area (Å²) in [5.74, 6) is -1.49. The van der Waals surface area contributed by atoms with Crippen molar-refractivity contribution in [3.8, 4) is 0 Å². The highest BCUT2D eigenvalue weighted by atomic mass is 16.3. The van der Waals surface area contributed by atoms with E-state index in [0.717, 1.165) is 16.7 Å². The van der Waals surface area contributed by atoms with Gasteiger partial charge in [-0.15, -0.1) is 0 Å². The van der Waals surface area contributed by atoms with Crippen molar-refractivity contribution in [2.45, 2.75) is 75.0 Å². The van der Waals surface area contributed by atoms with Crippen LogP contribution in [0.2, 0.25) is 0 Å². The molecule has 4 amide bonds. The van der Waals surface area contributed by atoms with Gasteiger partial charge in [-0.25, -0.2) is 0 Å². The van der Waals surface area contributed by atoms with Gasteiger partial charge in [0.1, 0.15) is 23.7 Å². The Labute approximate surface area is 228 Å². The van der Waals surface area contributed by atoms with Gasteiger partial charge < -0.3 is 26.0 Å². The van der Waals surface area contributed by atoms with Gasteiger partial charge in [-0.3, -0.25) is 19.2 Å². The second-order valence-electron chi connectivity index (χ2n) is 10.9. The topological polar surface area (TPSA) is 128 Å². The SMILES string of the molecule is O=C1NC2(Cc3ccccc3C2)C(=O)N[C@@H](Cc2ccccc2)C(=O)N2CCC[C@@H]2C(=O)N[C@H]1CCCCO. The van der Waals surface area contributed by atoms with Crippen LogP contribution in [0.3, 0.4) is 0 Å². The molecule has 9 nitrogen and oxygen atoms in total. The Morgan fingerprint density at radius 2 is 1.54 bits per heavy atom. The average Bonchev–Trinajstić information content (AvgIpc) is 3.57. The van der Waals surface area contributed by atoms with Crippen molar-refractivity contribution in [2.75, 3.05) is 13.2 Å². The van der Waals surface area contributed by atoms with Gasteiger partial charge in [-0.1, -0.05) is 54.6 Å². The minimum atomic E-state index is -1.29. The molecule has 3 atom stereocenters. The number of unbranched alkanes of at least 4 members (excludes halogenated alkanes) is 1. The highest BCUT2D eigenvalue weighted by Gasteiger charge is 2.48. The molecule has 1 aliphatic carbocycles. The lowest BCUT2D eigenvalue weighted by Gasteiger charge is -2.36. The minimum absolute atomic E-state index is 0.0162. The van der Waals surface area contributed by atoms with E-state index in [1.807, 2.05) is 54.6 Å². The average molecular weight is 533 g/mol. The number of hydrogen-bond acceptors (Lipinski definition) is 5. The molecule has 2 aromatic rings. The molecular weight excluding hydrogens is 496 g/mol. The number of carbonyl (C=O) groups excluding carboxylic acids is 4. The number of aliphatic hydroxyl groups excluding tert-OH is 1. The molecule has 0 bridgehead atoms. The van der Waals surface area contributed by atoms with Gasteiger partial charge in [0.25, 0.3) is 0 Å². The highest BCUT2D eigenvalue weighted by Crippen LogP contribution is 2.31.